The van der Waals surface area contributed by atoms with Crippen LogP contribution < -0.4 is 10.2 Å². The molecule has 4 nitrogen and oxygen atoms in total. The van der Waals surface area contributed by atoms with Crippen LogP contribution in [0.3, 0.4) is 0 Å². The molecule has 0 amide bonds. The topological polar surface area (TPSA) is 46.5 Å². The highest BCUT2D eigenvalue weighted by Crippen LogP contribution is 2.28. The van der Waals surface area contributed by atoms with Gasteiger partial charge in [-0.1, -0.05) is 49.7 Å². The lowest BCUT2D eigenvalue weighted by Crippen LogP contribution is -2.06. The molecule has 0 aliphatic rings. The van der Waals surface area contributed by atoms with E-state index in [4.69, 9.17) is 4.74 Å². The SMILES string of the molecule is Cc1ccc(-c2csc(N/N=C\c3ccccc3OCC(C)C)n2)c(C)c1. The summed E-state index contributed by atoms with van der Waals surface area (Å²) in [7, 11) is 0. The molecule has 0 saturated carbocycles. The molecule has 0 aliphatic carbocycles. The van der Waals surface area contributed by atoms with E-state index in [-0.39, 0.29) is 0 Å². The molecule has 0 radical (unpaired) electrons. The molecule has 0 bridgehead atoms. The number of anilines is 1. The van der Waals surface area contributed by atoms with Gasteiger partial charge in [0.2, 0.25) is 5.13 Å². The lowest BCUT2D eigenvalue weighted by molar-refractivity contribution is 0.271. The minimum atomic E-state index is 0.479. The number of aryl methyl sites for hydroxylation is 2. The number of hydrazone groups is 1. The van der Waals surface area contributed by atoms with Crippen molar-refractivity contribution in [2.75, 3.05) is 12.0 Å². The molecule has 5 heteroatoms. The summed E-state index contributed by atoms with van der Waals surface area (Å²) in [6.07, 6.45) is 1.77. The third kappa shape index (κ3) is 5.17. The Morgan fingerprint density at radius 1 is 1.19 bits per heavy atom. The fourth-order valence-corrected chi connectivity index (χ4v) is 3.34. The molecule has 0 aliphatic heterocycles. The van der Waals surface area contributed by atoms with Crippen molar-refractivity contribution < 1.29 is 4.74 Å². The summed E-state index contributed by atoms with van der Waals surface area (Å²) in [4.78, 5) is 4.65. The quantitative estimate of drug-likeness (QED) is 0.410. The Kier molecular flexibility index (Phi) is 6.24. The van der Waals surface area contributed by atoms with E-state index in [1.165, 1.54) is 11.1 Å². The minimum Gasteiger partial charge on any atom is -0.493 e. The van der Waals surface area contributed by atoms with Gasteiger partial charge in [0, 0.05) is 16.5 Å². The fraction of sp³-hybridized carbons (Fsp3) is 0.273. The van der Waals surface area contributed by atoms with Crippen molar-refractivity contribution in [2.24, 2.45) is 11.0 Å². The van der Waals surface area contributed by atoms with Gasteiger partial charge in [0.1, 0.15) is 5.75 Å². The van der Waals surface area contributed by atoms with E-state index >= 15 is 0 Å². The van der Waals surface area contributed by atoms with Crippen LogP contribution in [0.4, 0.5) is 5.13 Å². The Morgan fingerprint density at radius 3 is 2.78 bits per heavy atom. The Morgan fingerprint density at radius 2 is 2.00 bits per heavy atom. The predicted octanol–water partition coefficient (Wildman–Crippen LogP) is 5.91. The predicted molar refractivity (Wildman–Crippen MR) is 115 cm³/mol. The number of benzene rings is 2. The van der Waals surface area contributed by atoms with E-state index < -0.39 is 0 Å². The number of hydrogen-bond donors (Lipinski definition) is 1. The first-order chi connectivity index (χ1) is 13.0. The highest BCUT2D eigenvalue weighted by molar-refractivity contribution is 7.14. The van der Waals surface area contributed by atoms with Gasteiger partial charge in [-0.25, -0.2) is 4.98 Å². The standard InChI is InChI=1S/C22H25N3OS/c1-15(2)13-26-21-8-6-5-7-18(21)12-23-25-22-24-20(14-27-22)19-10-9-16(3)11-17(19)4/h5-12,14-15H,13H2,1-4H3,(H,24,25)/b23-12-. The molecule has 1 heterocycles. The molecule has 1 aromatic heterocycles. The van der Waals surface area contributed by atoms with E-state index in [1.54, 1.807) is 17.6 Å². The molecule has 3 rings (SSSR count). The van der Waals surface area contributed by atoms with Crippen molar-refractivity contribution in [3.8, 4) is 17.0 Å². The van der Waals surface area contributed by atoms with Crippen LogP contribution >= 0.6 is 11.3 Å². The normalized spacial score (nSPS) is 11.3. The zero-order chi connectivity index (χ0) is 19.2. The summed E-state index contributed by atoms with van der Waals surface area (Å²) in [5.74, 6) is 1.32. The first-order valence-corrected chi connectivity index (χ1v) is 9.95. The van der Waals surface area contributed by atoms with Gasteiger partial charge in [-0.15, -0.1) is 11.3 Å². The van der Waals surface area contributed by atoms with Crippen LogP contribution in [0.1, 0.15) is 30.5 Å². The summed E-state index contributed by atoms with van der Waals surface area (Å²) in [5, 5.41) is 7.15. The maximum Gasteiger partial charge on any atom is 0.203 e. The summed E-state index contributed by atoms with van der Waals surface area (Å²) in [6, 6.07) is 14.3. The van der Waals surface area contributed by atoms with E-state index in [0.717, 1.165) is 27.7 Å². The lowest BCUT2D eigenvalue weighted by atomic mass is 10.0. The van der Waals surface area contributed by atoms with Gasteiger partial charge in [-0.05, 0) is 37.5 Å². The molecule has 27 heavy (non-hydrogen) atoms. The smallest absolute Gasteiger partial charge is 0.203 e. The Bertz CT molecular complexity index is 931. The van der Waals surface area contributed by atoms with Crippen molar-refractivity contribution in [3.05, 3.63) is 64.5 Å². The van der Waals surface area contributed by atoms with Gasteiger partial charge in [0.05, 0.1) is 18.5 Å². The van der Waals surface area contributed by atoms with E-state index in [2.05, 4.69) is 66.8 Å². The largest absolute Gasteiger partial charge is 0.493 e. The van der Waals surface area contributed by atoms with Gasteiger partial charge >= 0.3 is 0 Å². The molecule has 140 valence electrons. The van der Waals surface area contributed by atoms with Crippen LogP contribution in [0.15, 0.2) is 52.9 Å². The molecule has 0 unspecified atom stereocenters. The number of ether oxygens (including phenoxy) is 1. The summed E-state index contributed by atoms with van der Waals surface area (Å²) >= 11 is 1.54. The molecular weight excluding hydrogens is 354 g/mol. The Balaban J connectivity index is 1.68. The molecule has 0 saturated heterocycles. The van der Waals surface area contributed by atoms with Gasteiger partial charge in [-0.3, -0.25) is 5.43 Å². The molecule has 0 spiro atoms. The number of nitrogens with one attached hydrogen (secondary N) is 1. The minimum absolute atomic E-state index is 0.479. The van der Waals surface area contributed by atoms with E-state index in [9.17, 15) is 0 Å². The first-order valence-electron chi connectivity index (χ1n) is 9.07. The molecule has 0 fully saturated rings. The average Bonchev–Trinajstić information content (AvgIpc) is 3.09. The van der Waals surface area contributed by atoms with Crippen LogP contribution in [0.25, 0.3) is 11.3 Å². The van der Waals surface area contributed by atoms with Gasteiger partial charge in [0.25, 0.3) is 0 Å². The highest BCUT2D eigenvalue weighted by Gasteiger charge is 2.07. The molecule has 3 aromatic rings. The summed E-state index contributed by atoms with van der Waals surface area (Å²) < 4.78 is 5.85. The summed E-state index contributed by atoms with van der Waals surface area (Å²) in [6.45, 7) is 9.16. The van der Waals surface area contributed by atoms with Crippen LogP contribution in [-0.2, 0) is 0 Å². The van der Waals surface area contributed by atoms with Crippen molar-refractivity contribution >= 4 is 22.7 Å². The first kappa shape index (κ1) is 19.1. The molecular formula is C22H25N3OS. The number of hydrogen-bond acceptors (Lipinski definition) is 5. The molecule has 0 atom stereocenters. The number of thiazole rings is 1. The second kappa shape index (κ2) is 8.82. The average molecular weight is 380 g/mol. The van der Waals surface area contributed by atoms with Crippen LogP contribution in [0.5, 0.6) is 5.75 Å². The second-order valence-corrected chi connectivity index (χ2v) is 7.83. The van der Waals surface area contributed by atoms with Gasteiger partial charge in [0.15, 0.2) is 0 Å². The van der Waals surface area contributed by atoms with Gasteiger partial charge < -0.3 is 4.74 Å². The van der Waals surface area contributed by atoms with Crippen LogP contribution in [0.2, 0.25) is 0 Å². The van der Waals surface area contributed by atoms with Crippen molar-refractivity contribution in [1.29, 1.82) is 0 Å². The van der Waals surface area contributed by atoms with Gasteiger partial charge in [-0.2, -0.15) is 5.10 Å². The van der Waals surface area contributed by atoms with Crippen LogP contribution in [0, 0.1) is 19.8 Å². The maximum atomic E-state index is 5.85. The van der Waals surface area contributed by atoms with Crippen molar-refractivity contribution in [3.63, 3.8) is 0 Å². The van der Waals surface area contributed by atoms with E-state index in [1.807, 2.05) is 24.3 Å². The highest BCUT2D eigenvalue weighted by atomic mass is 32.1. The number of aromatic nitrogens is 1. The van der Waals surface area contributed by atoms with Crippen molar-refractivity contribution in [2.45, 2.75) is 27.7 Å². The third-order valence-electron chi connectivity index (χ3n) is 4.02. The Hall–Kier alpha value is -2.66. The monoisotopic (exact) mass is 379 g/mol. The van der Waals surface area contributed by atoms with E-state index in [0.29, 0.717) is 12.5 Å². The summed E-state index contributed by atoms with van der Waals surface area (Å²) in [5.41, 5.74) is 8.58. The molecule has 2 aromatic carbocycles. The molecule has 1 N–H and O–H groups in total. The lowest BCUT2D eigenvalue weighted by Gasteiger charge is -2.10. The number of para-hydroxylation sites is 1. The number of nitrogens with zero attached hydrogens (tertiary/aromatic N) is 2. The number of rotatable bonds is 7. The second-order valence-electron chi connectivity index (χ2n) is 6.97. The fourth-order valence-electron chi connectivity index (χ4n) is 2.68. The van der Waals surface area contributed by atoms with Crippen LogP contribution in [-0.4, -0.2) is 17.8 Å². The van der Waals surface area contributed by atoms with Crippen molar-refractivity contribution in [1.82, 2.24) is 4.98 Å². The third-order valence-corrected chi connectivity index (χ3v) is 4.76. The zero-order valence-electron chi connectivity index (χ0n) is 16.2. The maximum absolute atomic E-state index is 5.85. The zero-order valence-corrected chi connectivity index (χ0v) is 17.0. The Labute approximate surface area is 164 Å².